The van der Waals surface area contributed by atoms with Gasteiger partial charge in [-0.15, -0.1) is 11.3 Å². The van der Waals surface area contributed by atoms with Gasteiger partial charge in [0.1, 0.15) is 16.5 Å². The molecule has 1 unspecified atom stereocenters. The van der Waals surface area contributed by atoms with Crippen molar-refractivity contribution >= 4 is 27.4 Å². The second kappa shape index (κ2) is 5.87. The average Bonchev–Trinajstić information content (AvgIpc) is 3.05. The molecule has 0 spiro atoms. The zero-order valence-electron chi connectivity index (χ0n) is 12.5. The Morgan fingerprint density at radius 3 is 3.00 bits per heavy atom. The van der Waals surface area contributed by atoms with Gasteiger partial charge >= 0.3 is 0 Å². The van der Waals surface area contributed by atoms with Crippen LogP contribution in [0.1, 0.15) is 24.2 Å². The molecule has 5 nitrogen and oxygen atoms in total. The van der Waals surface area contributed by atoms with Crippen LogP contribution in [0.3, 0.4) is 0 Å². The van der Waals surface area contributed by atoms with Crippen LogP contribution in [-0.2, 0) is 4.74 Å². The van der Waals surface area contributed by atoms with Crippen LogP contribution < -0.4 is 5.32 Å². The average molecular weight is 307 g/mol. The van der Waals surface area contributed by atoms with Crippen molar-refractivity contribution in [2.75, 3.05) is 31.7 Å². The first kappa shape index (κ1) is 14.7. The van der Waals surface area contributed by atoms with E-state index in [9.17, 15) is 5.11 Å². The van der Waals surface area contributed by atoms with Crippen molar-refractivity contribution in [3.8, 4) is 0 Å². The normalized spacial score (nSPS) is 22.0. The molecule has 6 heteroatoms. The van der Waals surface area contributed by atoms with Crippen LogP contribution in [0.15, 0.2) is 5.38 Å². The number of aliphatic hydroxyl groups is 1. The number of hydrogen-bond donors (Lipinski definition) is 2. The van der Waals surface area contributed by atoms with Crippen LogP contribution in [0, 0.1) is 19.3 Å². The molecule has 2 aromatic rings. The number of ether oxygens (including phenoxy) is 1. The summed E-state index contributed by atoms with van der Waals surface area (Å²) in [5.74, 6) is 1.69. The summed E-state index contributed by atoms with van der Waals surface area (Å²) < 4.78 is 5.54. The third-order valence-electron chi connectivity index (χ3n) is 4.19. The van der Waals surface area contributed by atoms with Gasteiger partial charge in [-0.05, 0) is 37.6 Å². The molecule has 3 rings (SSSR count). The van der Waals surface area contributed by atoms with Gasteiger partial charge in [0.2, 0.25) is 0 Å². The molecule has 1 atom stereocenters. The molecule has 21 heavy (non-hydrogen) atoms. The van der Waals surface area contributed by atoms with Crippen molar-refractivity contribution in [1.82, 2.24) is 9.97 Å². The van der Waals surface area contributed by atoms with Gasteiger partial charge in [-0.25, -0.2) is 9.97 Å². The van der Waals surface area contributed by atoms with Gasteiger partial charge in [0.25, 0.3) is 0 Å². The standard InChI is InChI=1S/C15H21N3O2S/c1-10-7-21-14-12(10)13(17-11(2)18-14)16-8-15(3-5-19)4-6-20-9-15/h7,19H,3-6,8-9H2,1-2H3,(H,16,17,18). The number of aromatic nitrogens is 2. The van der Waals surface area contributed by atoms with Crippen molar-refractivity contribution in [2.24, 2.45) is 5.41 Å². The number of hydrogen-bond acceptors (Lipinski definition) is 6. The number of nitrogens with zero attached hydrogens (tertiary/aromatic N) is 2. The Bertz CT molecular complexity index is 635. The molecule has 3 heterocycles. The van der Waals surface area contributed by atoms with E-state index < -0.39 is 0 Å². The number of rotatable bonds is 5. The topological polar surface area (TPSA) is 67.3 Å². The maximum Gasteiger partial charge on any atom is 0.138 e. The Kier molecular flexibility index (Phi) is 4.10. The van der Waals surface area contributed by atoms with Crippen molar-refractivity contribution in [1.29, 1.82) is 0 Å². The minimum Gasteiger partial charge on any atom is -0.396 e. The zero-order chi connectivity index (χ0) is 14.9. The lowest BCUT2D eigenvalue weighted by Crippen LogP contribution is -2.31. The molecule has 0 aliphatic carbocycles. The van der Waals surface area contributed by atoms with E-state index in [0.29, 0.717) is 6.61 Å². The highest BCUT2D eigenvalue weighted by atomic mass is 32.1. The molecule has 114 valence electrons. The van der Waals surface area contributed by atoms with E-state index in [0.717, 1.165) is 47.9 Å². The maximum absolute atomic E-state index is 9.31. The first-order valence-electron chi connectivity index (χ1n) is 7.28. The van der Waals surface area contributed by atoms with Crippen LogP contribution in [-0.4, -0.2) is 41.4 Å². The van der Waals surface area contributed by atoms with Crippen molar-refractivity contribution < 1.29 is 9.84 Å². The van der Waals surface area contributed by atoms with Gasteiger partial charge in [-0.1, -0.05) is 0 Å². The van der Waals surface area contributed by atoms with Gasteiger partial charge in [0.15, 0.2) is 0 Å². The molecule has 1 fully saturated rings. The SMILES string of the molecule is Cc1nc(NCC2(CCO)CCOC2)c2c(C)csc2n1. The minimum atomic E-state index is 0.0177. The molecule has 1 saturated heterocycles. The van der Waals surface area contributed by atoms with E-state index in [2.05, 4.69) is 27.6 Å². The van der Waals surface area contributed by atoms with Crippen molar-refractivity contribution in [3.63, 3.8) is 0 Å². The van der Waals surface area contributed by atoms with E-state index in [1.165, 1.54) is 5.56 Å². The Hall–Kier alpha value is -1.24. The van der Waals surface area contributed by atoms with E-state index in [1.807, 2.05) is 6.92 Å². The Morgan fingerprint density at radius 1 is 1.43 bits per heavy atom. The van der Waals surface area contributed by atoms with Crippen LogP contribution in [0.4, 0.5) is 5.82 Å². The van der Waals surface area contributed by atoms with Crippen LogP contribution in [0.25, 0.3) is 10.2 Å². The summed E-state index contributed by atoms with van der Waals surface area (Å²) in [6.07, 6.45) is 1.74. The molecule has 0 aromatic carbocycles. The molecule has 0 bridgehead atoms. The zero-order valence-corrected chi connectivity index (χ0v) is 13.3. The van der Waals surface area contributed by atoms with E-state index in [4.69, 9.17) is 4.74 Å². The molecule has 0 saturated carbocycles. The number of aliphatic hydroxyl groups excluding tert-OH is 1. The van der Waals surface area contributed by atoms with Gasteiger partial charge in [0.05, 0.1) is 12.0 Å². The fourth-order valence-electron chi connectivity index (χ4n) is 2.90. The highest BCUT2D eigenvalue weighted by Gasteiger charge is 2.34. The van der Waals surface area contributed by atoms with Gasteiger partial charge in [-0.3, -0.25) is 0 Å². The third-order valence-corrected chi connectivity index (χ3v) is 5.18. The summed E-state index contributed by atoms with van der Waals surface area (Å²) in [5, 5.41) is 16.0. The first-order valence-corrected chi connectivity index (χ1v) is 8.16. The number of fused-ring (bicyclic) bond motifs is 1. The molecular weight excluding hydrogens is 286 g/mol. The monoisotopic (exact) mass is 307 g/mol. The highest BCUT2D eigenvalue weighted by Crippen LogP contribution is 2.34. The van der Waals surface area contributed by atoms with Gasteiger partial charge in [-0.2, -0.15) is 0 Å². The van der Waals surface area contributed by atoms with Crippen LogP contribution in [0.2, 0.25) is 0 Å². The predicted octanol–water partition coefficient (Wildman–Crippen LogP) is 2.51. The molecule has 2 aromatic heterocycles. The maximum atomic E-state index is 9.31. The van der Waals surface area contributed by atoms with Crippen molar-refractivity contribution in [2.45, 2.75) is 26.7 Å². The molecule has 0 radical (unpaired) electrons. The lowest BCUT2D eigenvalue weighted by molar-refractivity contribution is 0.133. The van der Waals surface area contributed by atoms with E-state index in [-0.39, 0.29) is 12.0 Å². The smallest absolute Gasteiger partial charge is 0.138 e. The Morgan fingerprint density at radius 2 is 2.29 bits per heavy atom. The Labute approximate surface area is 128 Å². The fraction of sp³-hybridized carbons (Fsp3) is 0.600. The molecule has 1 aliphatic heterocycles. The summed E-state index contributed by atoms with van der Waals surface area (Å²) in [4.78, 5) is 10.1. The van der Waals surface area contributed by atoms with Crippen LogP contribution >= 0.6 is 11.3 Å². The largest absolute Gasteiger partial charge is 0.396 e. The summed E-state index contributed by atoms with van der Waals surface area (Å²) >= 11 is 1.65. The number of thiophene rings is 1. The lowest BCUT2D eigenvalue weighted by atomic mass is 9.84. The fourth-order valence-corrected chi connectivity index (χ4v) is 3.87. The molecule has 0 amide bonds. The Balaban J connectivity index is 1.86. The second-order valence-electron chi connectivity index (χ2n) is 5.85. The lowest BCUT2D eigenvalue weighted by Gasteiger charge is -2.27. The predicted molar refractivity (Wildman–Crippen MR) is 85.0 cm³/mol. The quantitative estimate of drug-likeness (QED) is 0.888. The summed E-state index contributed by atoms with van der Waals surface area (Å²) in [5.41, 5.74) is 1.22. The number of anilines is 1. The summed E-state index contributed by atoms with van der Waals surface area (Å²) in [6.45, 7) is 6.45. The molecule has 2 N–H and O–H groups in total. The van der Waals surface area contributed by atoms with E-state index >= 15 is 0 Å². The highest BCUT2D eigenvalue weighted by molar-refractivity contribution is 7.17. The number of nitrogens with one attached hydrogen (secondary N) is 1. The minimum absolute atomic E-state index is 0.0177. The van der Waals surface area contributed by atoms with E-state index in [1.54, 1.807) is 11.3 Å². The van der Waals surface area contributed by atoms with Gasteiger partial charge in [0, 0.05) is 25.2 Å². The number of aryl methyl sites for hydroxylation is 2. The van der Waals surface area contributed by atoms with Gasteiger partial charge < -0.3 is 15.2 Å². The van der Waals surface area contributed by atoms with Crippen molar-refractivity contribution in [3.05, 3.63) is 16.8 Å². The molecule has 1 aliphatic rings. The first-order chi connectivity index (χ1) is 10.1. The summed E-state index contributed by atoms with van der Waals surface area (Å²) in [6, 6.07) is 0. The molecular formula is C15H21N3O2S. The van der Waals surface area contributed by atoms with Crippen LogP contribution in [0.5, 0.6) is 0 Å². The second-order valence-corrected chi connectivity index (χ2v) is 6.71. The summed E-state index contributed by atoms with van der Waals surface area (Å²) in [7, 11) is 0. The third kappa shape index (κ3) is 2.88.